The Balaban J connectivity index is 1.23. The maximum atomic E-state index is 12.4. The van der Waals surface area contributed by atoms with Gasteiger partial charge in [-0.1, -0.05) is 6.07 Å². The number of carbonyl (C=O) groups excluding carboxylic acids is 1. The molecule has 3 aliphatic heterocycles. The van der Waals surface area contributed by atoms with Gasteiger partial charge in [0.15, 0.2) is 4.51 Å². The Morgan fingerprint density at radius 2 is 1.90 bits per heavy atom. The molecule has 9 nitrogen and oxygen atoms in total. The molecule has 218 valence electrons. The van der Waals surface area contributed by atoms with Crippen LogP contribution in [0.15, 0.2) is 30.8 Å². The van der Waals surface area contributed by atoms with Gasteiger partial charge in [0.25, 0.3) is 0 Å². The molecule has 1 aromatic heterocycles. The number of fused-ring (bicyclic) bond motifs is 1. The van der Waals surface area contributed by atoms with Crippen molar-refractivity contribution in [3.05, 3.63) is 36.4 Å². The quantitative estimate of drug-likeness (QED) is 0.320. The minimum atomic E-state index is -0.540. The molecular weight excluding hydrogens is 574 g/mol. The van der Waals surface area contributed by atoms with Gasteiger partial charge in [0.05, 0.1) is 11.8 Å². The van der Waals surface area contributed by atoms with Crippen molar-refractivity contribution >= 4 is 44.8 Å². The second-order valence-corrected chi connectivity index (χ2v) is 13.8. The molecule has 2 atom stereocenters. The van der Waals surface area contributed by atoms with Crippen molar-refractivity contribution in [2.24, 2.45) is 5.41 Å². The first-order valence-electron chi connectivity index (χ1n) is 14.3. The number of rotatable bonds is 6. The summed E-state index contributed by atoms with van der Waals surface area (Å²) >= 11 is 3.83. The average Bonchev–Trinajstić information content (AvgIpc) is 2.88. The lowest BCUT2D eigenvalue weighted by molar-refractivity contribution is -0.0910. The van der Waals surface area contributed by atoms with Crippen LogP contribution in [0, 0.1) is 5.41 Å². The van der Waals surface area contributed by atoms with Crippen LogP contribution in [0.4, 0.5) is 10.6 Å². The molecule has 1 amide bonds. The molecule has 4 heterocycles. The highest BCUT2D eigenvalue weighted by atomic mass is 79.9. The number of carbonyl (C=O) groups is 1. The third-order valence-corrected chi connectivity index (χ3v) is 9.25. The molecular formula is C30H42BrN5O4. The first kappa shape index (κ1) is 29.1. The fraction of sp³-hybridized carbons (Fsp3) is 0.633. The molecule has 3 aliphatic rings. The van der Waals surface area contributed by atoms with Crippen LogP contribution in [0.2, 0.25) is 0 Å². The summed E-state index contributed by atoms with van der Waals surface area (Å²) < 4.78 is 17.2. The smallest absolute Gasteiger partial charge is 0.410 e. The standard InChI is InChI=1S/C30H42BrN5O4/c1-6-38-25-18-34(5)13-12-30(25,31)39-16-9-22-7-8-24-23(17-22)26(33-21-32-24)35-14-10-29(11-15-35)19-36(20-29)27(37)40-28(2,3)4/h7-9,16-17,21,25H,6,10-15,18-20H2,1-5H3/b16-9+. The topological polar surface area (TPSA) is 80.3 Å². The molecule has 0 saturated carbocycles. The Morgan fingerprint density at radius 1 is 1.15 bits per heavy atom. The van der Waals surface area contributed by atoms with Crippen molar-refractivity contribution in [3.8, 4) is 0 Å². The minimum absolute atomic E-state index is 0.0493. The Hall–Kier alpha value is -2.43. The molecule has 0 radical (unpaired) electrons. The highest BCUT2D eigenvalue weighted by molar-refractivity contribution is 9.10. The highest BCUT2D eigenvalue weighted by Crippen LogP contribution is 2.42. The van der Waals surface area contributed by atoms with Gasteiger partial charge in [0.2, 0.25) is 0 Å². The fourth-order valence-electron chi connectivity index (χ4n) is 5.90. The molecule has 3 fully saturated rings. The summed E-state index contributed by atoms with van der Waals surface area (Å²) in [5.41, 5.74) is 1.67. The lowest BCUT2D eigenvalue weighted by Crippen LogP contribution is -2.62. The van der Waals surface area contributed by atoms with Gasteiger partial charge in [-0.15, -0.1) is 0 Å². The fourth-order valence-corrected chi connectivity index (χ4v) is 6.46. The number of halogens is 1. The molecule has 3 saturated heterocycles. The predicted molar refractivity (Wildman–Crippen MR) is 161 cm³/mol. The SMILES string of the molecule is CCOC1CN(C)CCC1(Br)O/C=C/c1ccc2ncnc(N3CCC4(CC3)CN(C(=O)OC(C)(C)C)C4)c2c1. The predicted octanol–water partition coefficient (Wildman–Crippen LogP) is 5.29. The van der Waals surface area contributed by atoms with Crippen molar-refractivity contribution in [2.75, 3.05) is 57.8 Å². The third kappa shape index (κ3) is 6.39. The van der Waals surface area contributed by atoms with Crippen LogP contribution in [0.3, 0.4) is 0 Å². The molecule has 2 aromatic rings. The van der Waals surface area contributed by atoms with E-state index in [2.05, 4.69) is 49.9 Å². The molecule has 10 heteroatoms. The van der Waals surface area contributed by atoms with Crippen molar-refractivity contribution in [1.29, 1.82) is 0 Å². The van der Waals surface area contributed by atoms with Crippen molar-refractivity contribution in [2.45, 2.75) is 63.2 Å². The largest absolute Gasteiger partial charge is 0.481 e. The summed E-state index contributed by atoms with van der Waals surface area (Å²) in [6.45, 7) is 13.5. The van der Waals surface area contributed by atoms with Gasteiger partial charge in [-0.05, 0) is 87.3 Å². The first-order valence-corrected chi connectivity index (χ1v) is 15.1. The maximum absolute atomic E-state index is 12.4. The number of likely N-dealkylation sites (tertiary alicyclic amines) is 2. The normalized spacial score (nSPS) is 25.4. The number of alkyl halides is 1. The summed E-state index contributed by atoms with van der Waals surface area (Å²) in [5.74, 6) is 0.961. The van der Waals surface area contributed by atoms with E-state index in [0.29, 0.717) is 6.61 Å². The summed E-state index contributed by atoms with van der Waals surface area (Å²) in [6.07, 6.45) is 8.04. The van der Waals surface area contributed by atoms with Crippen molar-refractivity contribution in [3.63, 3.8) is 0 Å². The number of amides is 1. The zero-order valence-electron chi connectivity index (χ0n) is 24.4. The molecule has 1 aromatic carbocycles. The van der Waals surface area contributed by atoms with Crippen LogP contribution in [0.1, 0.15) is 52.5 Å². The van der Waals surface area contributed by atoms with Gasteiger partial charge in [-0.2, -0.15) is 0 Å². The number of anilines is 1. The Labute approximate surface area is 246 Å². The second kappa shape index (κ2) is 11.4. The first-order chi connectivity index (χ1) is 19.0. The van der Waals surface area contributed by atoms with E-state index in [1.165, 1.54) is 0 Å². The number of hydrogen-bond acceptors (Lipinski definition) is 8. The number of nitrogens with zero attached hydrogens (tertiary/aromatic N) is 5. The van der Waals surface area contributed by atoms with Gasteiger partial charge in [-0.3, -0.25) is 0 Å². The molecule has 5 rings (SSSR count). The summed E-state index contributed by atoms with van der Waals surface area (Å²) in [5, 5.41) is 1.03. The average molecular weight is 617 g/mol. The van der Waals surface area contributed by atoms with Gasteiger partial charge >= 0.3 is 6.09 Å². The number of hydrogen-bond donors (Lipinski definition) is 0. The van der Waals surface area contributed by atoms with E-state index in [9.17, 15) is 4.79 Å². The van der Waals surface area contributed by atoms with E-state index in [1.54, 1.807) is 12.6 Å². The van der Waals surface area contributed by atoms with E-state index in [1.807, 2.05) is 44.7 Å². The number of benzene rings is 1. The van der Waals surface area contributed by atoms with Crippen LogP contribution in [0.25, 0.3) is 17.0 Å². The van der Waals surface area contributed by atoms with Crippen LogP contribution in [0.5, 0.6) is 0 Å². The van der Waals surface area contributed by atoms with E-state index >= 15 is 0 Å². The van der Waals surface area contributed by atoms with E-state index in [-0.39, 0.29) is 17.6 Å². The van der Waals surface area contributed by atoms with Crippen LogP contribution in [-0.2, 0) is 14.2 Å². The van der Waals surface area contributed by atoms with E-state index in [0.717, 1.165) is 80.8 Å². The monoisotopic (exact) mass is 615 g/mol. The third-order valence-electron chi connectivity index (χ3n) is 8.15. The summed E-state index contributed by atoms with van der Waals surface area (Å²) in [4.78, 5) is 28.1. The van der Waals surface area contributed by atoms with Crippen LogP contribution < -0.4 is 4.90 Å². The van der Waals surface area contributed by atoms with E-state index < -0.39 is 10.1 Å². The van der Waals surface area contributed by atoms with Crippen molar-refractivity contribution in [1.82, 2.24) is 19.8 Å². The molecule has 0 N–H and O–H groups in total. The summed E-state index contributed by atoms with van der Waals surface area (Å²) in [7, 11) is 2.11. The molecule has 2 unspecified atom stereocenters. The van der Waals surface area contributed by atoms with Gasteiger partial charge < -0.3 is 28.9 Å². The minimum Gasteiger partial charge on any atom is -0.481 e. The van der Waals surface area contributed by atoms with Crippen LogP contribution in [-0.4, -0.2) is 95.0 Å². The van der Waals surface area contributed by atoms with Crippen molar-refractivity contribution < 1.29 is 19.0 Å². The number of piperidine rings is 2. The molecule has 0 bridgehead atoms. The molecule has 1 spiro atoms. The summed E-state index contributed by atoms with van der Waals surface area (Å²) in [6, 6.07) is 6.23. The Bertz CT molecular complexity index is 1230. The highest BCUT2D eigenvalue weighted by Gasteiger charge is 2.48. The molecule has 40 heavy (non-hydrogen) atoms. The second-order valence-electron chi connectivity index (χ2n) is 12.5. The lowest BCUT2D eigenvalue weighted by Gasteiger charge is -2.53. The number of likely N-dealkylation sites (N-methyl/N-ethyl adjacent to an activating group) is 1. The maximum Gasteiger partial charge on any atom is 0.410 e. The van der Waals surface area contributed by atoms with Crippen LogP contribution >= 0.6 is 15.9 Å². The zero-order chi connectivity index (χ0) is 28.5. The van der Waals surface area contributed by atoms with Gasteiger partial charge in [-0.25, -0.2) is 14.8 Å². The van der Waals surface area contributed by atoms with Gasteiger partial charge in [0, 0.05) is 63.1 Å². The lowest BCUT2D eigenvalue weighted by atomic mass is 9.72. The van der Waals surface area contributed by atoms with E-state index in [4.69, 9.17) is 19.2 Å². The number of ether oxygens (including phenoxy) is 3. The Kier molecular flexibility index (Phi) is 8.32. The zero-order valence-corrected chi connectivity index (χ0v) is 25.9. The van der Waals surface area contributed by atoms with Gasteiger partial charge in [0.1, 0.15) is 23.9 Å². The molecule has 0 aliphatic carbocycles. The Morgan fingerprint density at radius 3 is 2.60 bits per heavy atom. The number of aromatic nitrogens is 2.